The molecule has 3 aromatic rings. The maximum Gasteiger partial charge on any atom is 0.188 e. The highest BCUT2D eigenvalue weighted by atomic mass is 79.9. The molecule has 3 nitrogen and oxygen atoms in total. The molecule has 0 aliphatic carbocycles. The zero-order valence-electron chi connectivity index (χ0n) is 10.3. The zero-order chi connectivity index (χ0) is 13.1. The fourth-order valence-electron chi connectivity index (χ4n) is 1.67. The maximum absolute atomic E-state index is 4.57. The number of nitrogens with one attached hydrogen (secondary N) is 1. The SMILES string of the molecule is Br.Brc1ccccc1-c1csc(Nc2ccccn2)n1. The number of rotatable bonds is 3. The van der Waals surface area contributed by atoms with Gasteiger partial charge in [-0.15, -0.1) is 28.3 Å². The van der Waals surface area contributed by atoms with Gasteiger partial charge in [0, 0.05) is 21.6 Å². The summed E-state index contributed by atoms with van der Waals surface area (Å²) in [6, 6.07) is 13.8. The van der Waals surface area contributed by atoms with Gasteiger partial charge in [-0.1, -0.05) is 40.2 Å². The molecule has 0 saturated heterocycles. The third-order valence-corrected chi connectivity index (χ3v) is 4.00. The molecule has 1 aromatic carbocycles. The lowest BCUT2D eigenvalue weighted by molar-refractivity contribution is 1.29. The van der Waals surface area contributed by atoms with Crippen molar-refractivity contribution >= 4 is 55.2 Å². The van der Waals surface area contributed by atoms with Gasteiger partial charge in [-0.3, -0.25) is 0 Å². The Hall–Kier alpha value is -1.24. The Bertz CT molecular complexity index is 686. The van der Waals surface area contributed by atoms with Crippen molar-refractivity contribution in [3.05, 3.63) is 58.5 Å². The molecule has 20 heavy (non-hydrogen) atoms. The van der Waals surface area contributed by atoms with Gasteiger partial charge < -0.3 is 5.32 Å². The molecule has 2 heterocycles. The van der Waals surface area contributed by atoms with Crippen LogP contribution in [-0.2, 0) is 0 Å². The predicted molar refractivity (Wildman–Crippen MR) is 93.1 cm³/mol. The van der Waals surface area contributed by atoms with Gasteiger partial charge in [0.15, 0.2) is 5.13 Å². The molecule has 0 saturated carbocycles. The van der Waals surface area contributed by atoms with Crippen molar-refractivity contribution in [3.63, 3.8) is 0 Å². The standard InChI is InChI=1S/C14H10BrN3S.BrH/c15-11-6-2-1-5-10(11)12-9-19-14(17-12)18-13-7-3-4-8-16-13;/h1-9H,(H,16,17,18);1H. The van der Waals surface area contributed by atoms with E-state index in [1.807, 2.05) is 47.8 Å². The molecule has 0 aliphatic heterocycles. The first kappa shape index (κ1) is 15.2. The van der Waals surface area contributed by atoms with E-state index in [1.165, 1.54) is 0 Å². The third kappa shape index (κ3) is 3.45. The molecule has 0 fully saturated rings. The van der Waals surface area contributed by atoms with E-state index in [1.54, 1.807) is 17.5 Å². The van der Waals surface area contributed by atoms with E-state index in [4.69, 9.17) is 0 Å². The van der Waals surface area contributed by atoms with Gasteiger partial charge >= 0.3 is 0 Å². The van der Waals surface area contributed by atoms with Crippen LogP contribution < -0.4 is 5.32 Å². The fraction of sp³-hybridized carbons (Fsp3) is 0. The van der Waals surface area contributed by atoms with Crippen LogP contribution in [0.3, 0.4) is 0 Å². The van der Waals surface area contributed by atoms with Crippen LogP contribution in [0.1, 0.15) is 0 Å². The minimum Gasteiger partial charge on any atom is -0.316 e. The lowest BCUT2D eigenvalue weighted by atomic mass is 10.2. The summed E-state index contributed by atoms with van der Waals surface area (Å²) in [6.07, 6.45) is 1.75. The van der Waals surface area contributed by atoms with Crippen molar-refractivity contribution in [3.8, 4) is 11.3 Å². The number of nitrogens with zero attached hydrogens (tertiary/aromatic N) is 2. The topological polar surface area (TPSA) is 37.8 Å². The van der Waals surface area contributed by atoms with Gasteiger partial charge in [-0.05, 0) is 18.2 Å². The second-order valence-electron chi connectivity index (χ2n) is 3.86. The second kappa shape index (κ2) is 6.97. The molecule has 102 valence electrons. The first-order valence-corrected chi connectivity index (χ1v) is 7.39. The zero-order valence-corrected chi connectivity index (χ0v) is 14.4. The summed E-state index contributed by atoms with van der Waals surface area (Å²) in [5, 5.41) is 6.07. The molecule has 3 rings (SSSR count). The van der Waals surface area contributed by atoms with E-state index in [0.29, 0.717) is 0 Å². The second-order valence-corrected chi connectivity index (χ2v) is 5.57. The number of anilines is 2. The minimum absolute atomic E-state index is 0. The third-order valence-electron chi connectivity index (χ3n) is 2.55. The van der Waals surface area contributed by atoms with E-state index in [9.17, 15) is 0 Å². The van der Waals surface area contributed by atoms with Crippen LogP contribution in [0.15, 0.2) is 58.5 Å². The number of thiazole rings is 1. The van der Waals surface area contributed by atoms with E-state index in [-0.39, 0.29) is 17.0 Å². The molecule has 0 unspecified atom stereocenters. The fourth-order valence-corrected chi connectivity index (χ4v) is 2.88. The molecule has 0 radical (unpaired) electrons. The Labute approximate surface area is 140 Å². The average Bonchev–Trinajstić information content (AvgIpc) is 2.89. The summed E-state index contributed by atoms with van der Waals surface area (Å²) in [7, 11) is 0. The molecule has 6 heteroatoms. The highest BCUT2D eigenvalue weighted by Crippen LogP contribution is 2.31. The van der Waals surface area contributed by atoms with Crippen LogP contribution in [0.4, 0.5) is 10.9 Å². The van der Waals surface area contributed by atoms with Gasteiger partial charge in [-0.2, -0.15) is 0 Å². The van der Waals surface area contributed by atoms with Gasteiger partial charge in [0.1, 0.15) is 5.82 Å². The molecule has 0 aliphatic rings. The normalized spacial score (nSPS) is 9.85. The summed E-state index contributed by atoms with van der Waals surface area (Å²) < 4.78 is 1.05. The number of halogens is 2. The van der Waals surface area contributed by atoms with Crippen LogP contribution in [-0.4, -0.2) is 9.97 Å². The molecule has 0 spiro atoms. The molecule has 1 N–H and O–H groups in total. The van der Waals surface area contributed by atoms with Crippen molar-refractivity contribution in [2.45, 2.75) is 0 Å². The van der Waals surface area contributed by atoms with Gasteiger partial charge in [0.2, 0.25) is 0 Å². The molecule has 0 bridgehead atoms. The summed E-state index contributed by atoms with van der Waals surface area (Å²) in [6.45, 7) is 0. The van der Waals surface area contributed by atoms with Crippen molar-refractivity contribution < 1.29 is 0 Å². The number of hydrogen-bond acceptors (Lipinski definition) is 4. The Balaban J connectivity index is 0.00000147. The van der Waals surface area contributed by atoms with Crippen LogP contribution in [0.2, 0.25) is 0 Å². The highest BCUT2D eigenvalue weighted by Gasteiger charge is 2.07. The van der Waals surface area contributed by atoms with Crippen molar-refractivity contribution in [1.82, 2.24) is 9.97 Å². The van der Waals surface area contributed by atoms with E-state index in [0.717, 1.165) is 26.7 Å². The van der Waals surface area contributed by atoms with E-state index < -0.39 is 0 Å². The predicted octanol–water partition coefficient (Wildman–Crippen LogP) is 5.29. The summed E-state index contributed by atoms with van der Waals surface area (Å²) in [4.78, 5) is 8.79. The minimum atomic E-state index is 0. The van der Waals surface area contributed by atoms with Crippen molar-refractivity contribution in [2.75, 3.05) is 5.32 Å². The smallest absolute Gasteiger partial charge is 0.188 e. The van der Waals surface area contributed by atoms with Gasteiger partial charge in [-0.25, -0.2) is 9.97 Å². The molecular weight excluding hydrogens is 402 g/mol. The first-order chi connectivity index (χ1) is 9.33. The molecular formula is C14H11Br2N3S. The maximum atomic E-state index is 4.57. The highest BCUT2D eigenvalue weighted by molar-refractivity contribution is 9.10. The van der Waals surface area contributed by atoms with E-state index in [2.05, 4.69) is 31.2 Å². The quantitative estimate of drug-likeness (QED) is 0.635. The first-order valence-electron chi connectivity index (χ1n) is 5.71. The lowest BCUT2D eigenvalue weighted by Crippen LogP contribution is -1.91. The lowest BCUT2D eigenvalue weighted by Gasteiger charge is -2.01. The van der Waals surface area contributed by atoms with Crippen LogP contribution in [0.25, 0.3) is 11.3 Å². The summed E-state index contributed by atoms with van der Waals surface area (Å²) in [5.74, 6) is 0.801. The molecule has 2 aromatic heterocycles. The largest absolute Gasteiger partial charge is 0.316 e. The monoisotopic (exact) mass is 411 g/mol. The van der Waals surface area contributed by atoms with Crippen molar-refractivity contribution in [2.24, 2.45) is 0 Å². The molecule has 0 amide bonds. The van der Waals surface area contributed by atoms with E-state index >= 15 is 0 Å². The summed E-state index contributed by atoms with van der Waals surface area (Å²) >= 11 is 5.11. The average molecular weight is 413 g/mol. The summed E-state index contributed by atoms with van der Waals surface area (Å²) in [5.41, 5.74) is 2.05. The Kier molecular flexibility index (Phi) is 5.28. The number of hydrogen-bond donors (Lipinski definition) is 1. The van der Waals surface area contributed by atoms with Crippen LogP contribution in [0.5, 0.6) is 0 Å². The Morgan fingerprint density at radius 3 is 2.60 bits per heavy atom. The number of benzene rings is 1. The van der Waals surface area contributed by atoms with Gasteiger partial charge in [0.25, 0.3) is 0 Å². The Morgan fingerprint density at radius 2 is 1.85 bits per heavy atom. The number of aromatic nitrogens is 2. The molecule has 0 atom stereocenters. The van der Waals surface area contributed by atoms with Crippen LogP contribution in [0, 0.1) is 0 Å². The van der Waals surface area contributed by atoms with Gasteiger partial charge in [0.05, 0.1) is 5.69 Å². The van der Waals surface area contributed by atoms with Crippen LogP contribution >= 0.6 is 44.2 Å². The van der Waals surface area contributed by atoms with Crippen molar-refractivity contribution in [1.29, 1.82) is 0 Å². The Morgan fingerprint density at radius 1 is 1.05 bits per heavy atom. The number of pyridine rings is 1.